The first-order chi connectivity index (χ1) is 9.61. The topological polar surface area (TPSA) is 49.8 Å². The van der Waals surface area contributed by atoms with Crippen LogP contribution in [0.5, 0.6) is 5.75 Å². The quantitative estimate of drug-likeness (QED) is 0.906. The molecule has 2 aromatic rings. The molecule has 0 aliphatic carbocycles. The fraction of sp³-hybridized carbons (Fsp3) is 0.188. The van der Waals surface area contributed by atoms with Crippen molar-refractivity contribution in [1.29, 1.82) is 0 Å². The molecule has 0 heterocycles. The Hall–Kier alpha value is -2.49. The highest BCUT2D eigenvalue weighted by Gasteiger charge is 2.16. The lowest BCUT2D eigenvalue weighted by Gasteiger charge is -2.20. The van der Waals surface area contributed by atoms with Crippen LogP contribution in [0.1, 0.15) is 12.5 Å². The molecule has 104 valence electrons. The summed E-state index contributed by atoms with van der Waals surface area (Å²) in [7, 11) is 0. The van der Waals surface area contributed by atoms with Crippen molar-refractivity contribution in [3.63, 3.8) is 0 Å². The SMILES string of the molecule is CCOc1ccc(N(C(=O)O)c2ccc(C)cc2)cc1. The molecule has 4 heteroatoms. The summed E-state index contributed by atoms with van der Waals surface area (Å²) >= 11 is 0. The van der Waals surface area contributed by atoms with Gasteiger partial charge in [0.2, 0.25) is 0 Å². The Kier molecular flexibility index (Phi) is 4.25. The standard InChI is InChI=1S/C16H17NO3/c1-3-20-15-10-8-14(9-11-15)17(16(18)19)13-6-4-12(2)5-7-13/h4-11H,3H2,1-2H3,(H,18,19). The van der Waals surface area contributed by atoms with E-state index in [-0.39, 0.29) is 0 Å². The number of amides is 1. The van der Waals surface area contributed by atoms with Gasteiger partial charge in [0.05, 0.1) is 18.0 Å². The maximum atomic E-state index is 11.5. The Morgan fingerprint density at radius 1 is 1.05 bits per heavy atom. The van der Waals surface area contributed by atoms with E-state index in [1.807, 2.05) is 26.0 Å². The molecule has 2 rings (SSSR count). The van der Waals surface area contributed by atoms with Gasteiger partial charge in [-0.05, 0) is 50.2 Å². The van der Waals surface area contributed by atoms with Gasteiger partial charge in [0, 0.05) is 0 Å². The second kappa shape index (κ2) is 6.10. The average molecular weight is 271 g/mol. The third-order valence-electron chi connectivity index (χ3n) is 2.89. The maximum absolute atomic E-state index is 11.5. The molecule has 0 aromatic heterocycles. The minimum Gasteiger partial charge on any atom is -0.494 e. The zero-order valence-corrected chi connectivity index (χ0v) is 11.5. The summed E-state index contributed by atoms with van der Waals surface area (Å²) in [5, 5.41) is 9.42. The molecule has 0 aliphatic rings. The molecule has 1 amide bonds. The summed E-state index contributed by atoms with van der Waals surface area (Å²) in [5.41, 5.74) is 2.29. The second-order valence-corrected chi connectivity index (χ2v) is 4.38. The molecule has 0 bridgehead atoms. The number of hydrogen-bond acceptors (Lipinski definition) is 2. The lowest BCUT2D eigenvalue weighted by Crippen LogP contribution is -2.23. The van der Waals surface area contributed by atoms with E-state index in [0.29, 0.717) is 18.0 Å². The number of benzene rings is 2. The van der Waals surface area contributed by atoms with Gasteiger partial charge in [0.25, 0.3) is 0 Å². The van der Waals surface area contributed by atoms with E-state index in [4.69, 9.17) is 4.74 Å². The molecular weight excluding hydrogens is 254 g/mol. The Labute approximate surface area is 118 Å². The number of nitrogens with zero attached hydrogens (tertiary/aromatic N) is 1. The number of hydrogen-bond donors (Lipinski definition) is 1. The van der Waals surface area contributed by atoms with Crippen LogP contribution < -0.4 is 9.64 Å². The van der Waals surface area contributed by atoms with Crippen LogP contribution in [-0.4, -0.2) is 17.8 Å². The zero-order valence-electron chi connectivity index (χ0n) is 11.5. The fourth-order valence-corrected chi connectivity index (χ4v) is 1.92. The normalized spacial score (nSPS) is 10.1. The smallest absolute Gasteiger partial charge is 0.416 e. The van der Waals surface area contributed by atoms with Gasteiger partial charge < -0.3 is 9.84 Å². The van der Waals surface area contributed by atoms with Gasteiger partial charge in [-0.2, -0.15) is 0 Å². The molecule has 0 saturated heterocycles. The first-order valence-electron chi connectivity index (χ1n) is 6.44. The van der Waals surface area contributed by atoms with E-state index in [1.54, 1.807) is 36.4 Å². The van der Waals surface area contributed by atoms with Gasteiger partial charge in [-0.3, -0.25) is 0 Å². The summed E-state index contributed by atoms with van der Waals surface area (Å²) in [6, 6.07) is 14.4. The number of rotatable bonds is 4. The van der Waals surface area contributed by atoms with Crippen LogP contribution in [0.4, 0.5) is 16.2 Å². The van der Waals surface area contributed by atoms with Crippen LogP contribution in [0.25, 0.3) is 0 Å². The minimum absolute atomic E-state index is 0.583. The van der Waals surface area contributed by atoms with E-state index in [1.165, 1.54) is 4.90 Å². The van der Waals surface area contributed by atoms with E-state index in [0.717, 1.165) is 11.3 Å². The van der Waals surface area contributed by atoms with Gasteiger partial charge >= 0.3 is 6.09 Å². The summed E-state index contributed by atoms with van der Waals surface area (Å²) in [4.78, 5) is 12.7. The van der Waals surface area contributed by atoms with E-state index in [9.17, 15) is 9.90 Å². The summed E-state index contributed by atoms with van der Waals surface area (Å²) in [6.45, 7) is 4.45. The highest BCUT2D eigenvalue weighted by atomic mass is 16.5. The number of anilines is 2. The molecule has 0 atom stereocenters. The Morgan fingerprint density at radius 3 is 2.00 bits per heavy atom. The molecule has 20 heavy (non-hydrogen) atoms. The lowest BCUT2D eigenvalue weighted by atomic mass is 10.2. The van der Waals surface area contributed by atoms with Crippen molar-refractivity contribution in [3.8, 4) is 5.75 Å². The molecule has 0 spiro atoms. The van der Waals surface area contributed by atoms with Crippen molar-refractivity contribution < 1.29 is 14.6 Å². The van der Waals surface area contributed by atoms with Crippen molar-refractivity contribution >= 4 is 17.5 Å². The van der Waals surface area contributed by atoms with Gasteiger partial charge in [-0.25, -0.2) is 9.69 Å². The molecule has 4 nitrogen and oxygen atoms in total. The predicted molar refractivity (Wildman–Crippen MR) is 79.0 cm³/mol. The largest absolute Gasteiger partial charge is 0.494 e. The molecule has 0 unspecified atom stereocenters. The Morgan fingerprint density at radius 2 is 1.55 bits per heavy atom. The van der Waals surface area contributed by atoms with Gasteiger partial charge in [0.15, 0.2) is 0 Å². The summed E-state index contributed by atoms with van der Waals surface area (Å²) in [5.74, 6) is 0.727. The van der Waals surface area contributed by atoms with Gasteiger partial charge in [0.1, 0.15) is 5.75 Å². The highest BCUT2D eigenvalue weighted by Crippen LogP contribution is 2.27. The first-order valence-corrected chi connectivity index (χ1v) is 6.44. The molecule has 0 fully saturated rings. The fourth-order valence-electron chi connectivity index (χ4n) is 1.92. The zero-order chi connectivity index (χ0) is 14.5. The summed E-state index contributed by atoms with van der Waals surface area (Å²) < 4.78 is 5.36. The molecule has 0 saturated carbocycles. The number of carboxylic acid groups (broad SMARTS) is 1. The van der Waals surface area contributed by atoms with Crippen LogP contribution in [0, 0.1) is 6.92 Å². The molecular formula is C16H17NO3. The van der Waals surface area contributed by atoms with Crippen LogP contribution in [-0.2, 0) is 0 Å². The van der Waals surface area contributed by atoms with E-state index < -0.39 is 6.09 Å². The molecule has 1 N–H and O–H groups in total. The Bertz CT molecular complexity index is 576. The number of ether oxygens (including phenoxy) is 1. The Balaban J connectivity index is 2.33. The highest BCUT2D eigenvalue weighted by molar-refractivity contribution is 5.94. The van der Waals surface area contributed by atoms with E-state index in [2.05, 4.69) is 0 Å². The monoisotopic (exact) mass is 271 g/mol. The van der Waals surface area contributed by atoms with Gasteiger partial charge in [-0.1, -0.05) is 17.7 Å². The number of carbonyl (C=O) groups is 1. The minimum atomic E-state index is -1.02. The van der Waals surface area contributed by atoms with Crippen molar-refractivity contribution in [2.24, 2.45) is 0 Å². The van der Waals surface area contributed by atoms with E-state index >= 15 is 0 Å². The predicted octanol–water partition coefficient (Wildman–Crippen LogP) is 4.21. The van der Waals surface area contributed by atoms with Crippen LogP contribution >= 0.6 is 0 Å². The molecule has 0 radical (unpaired) electrons. The van der Waals surface area contributed by atoms with Crippen molar-refractivity contribution in [1.82, 2.24) is 0 Å². The maximum Gasteiger partial charge on any atom is 0.416 e. The van der Waals surface area contributed by atoms with Crippen molar-refractivity contribution in [2.75, 3.05) is 11.5 Å². The van der Waals surface area contributed by atoms with Crippen LogP contribution in [0.2, 0.25) is 0 Å². The second-order valence-electron chi connectivity index (χ2n) is 4.38. The van der Waals surface area contributed by atoms with Gasteiger partial charge in [-0.15, -0.1) is 0 Å². The van der Waals surface area contributed by atoms with Crippen molar-refractivity contribution in [2.45, 2.75) is 13.8 Å². The average Bonchev–Trinajstić information content (AvgIpc) is 2.43. The third-order valence-corrected chi connectivity index (χ3v) is 2.89. The molecule has 2 aromatic carbocycles. The lowest BCUT2D eigenvalue weighted by molar-refractivity contribution is 0.205. The first kappa shape index (κ1) is 13.9. The van der Waals surface area contributed by atoms with Crippen molar-refractivity contribution in [3.05, 3.63) is 54.1 Å². The summed E-state index contributed by atoms with van der Waals surface area (Å²) in [6.07, 6.45) is -1.02. The van der Waals surface area contributed by atoms with Crippen LogP contribution in [0.15, 0.2) is 48.5 Å². The number of aryl methyl sites for hydroxylation is 1. The third kappa shape index (κ3) is 3.09. The molecule has 0 aliphatic heterocycles. The van der Waals surface area contributed by atoms with Crippen LogP contribution in [0.3, 0.4) is 0 Å².